The molecule has 0 spiro atoms. The van der Waals surface area contributed by atoms with Crippen LogP contribution in [0.25, 0.3) is 0 Å². The summed E-state index contributed by atoms with van der Waals surface area (Å²) in [6.45, 7) is 2.66. The standard InChI is InChI=1S/C12H14FN3O5/c1-3-4-12(13)9(19)8(6(2)17)21-10(12)16-11(20)15-7(18)5-14-16/h5-6,8-10,17,19H,1-2H3,(H,15,18,20)/t6-,8+,9?,10+,12+/m0/s1. The number of hydrogen-bond acceptors (Lipinski definition) is 6. The first-order chi connectivity index (χ1) is 9.81. The molecule has 0 bridgehead atoms. The van der Waals surface area contributed by atoms with E-state index in [4.69, 9.17) is 4.74 Å². The maximum atomic E-state index is 15.0. The van der Waals surface area contributed by atoms with Crippen LogP contribution in [0.15, 0.2) is 15.8 Å². The van der Waals surface area contributed by atoms with Gasteiger partial charge in [-0.05, 0) is 13.8 Å². The molecular formula is C12H14FN3O5. The Morgan fingerprint density at radius 3 is 2.81 bits per heavy atom. The van der Waals surface area contributed by atoms with Crippen LogP contribution in [0.1, 0.15) is 20.1 Å². The van der Waals surface area contributed by atoms with E-state index < -0.39 is 41.5 Å². The lowest BCUT2D eigenvalue weighted by Gasteiger charge is -2.23. The lowest BCUT2D eigenvalue weighted by Crippen LogP contribution is -2.46. The first-order valence-electron chi connectivity index (χ1n) is 6.14. The molecule has 0 amide bonds. The van der Waals surface area contributed by atoms with Crippen molar-refractivity contribution in [3.63, 3.8) is 0 Å². The number of hydrogen-bond donors (Lipinski definition) is 3. The summed E-state index contributed by atoms with van der Waals surface area (Å²) in [4.78, 5) is 24.6. The Bertz CT molecular complexity index is 703. The Kier molecular flexibility index (Phi) is 3.95. The number of nitrogens with one attached hydrogen (secondary N) is 1. The van der Waals surface area contributed by atoms with E-state index >= 15 is 0 Å². The molecule has 1 aliphatic rings. The van der Waals surface area contributed by atoms with E-state index in [1.165, 1.54) is 13.8 Å². The van der Waals surface area contributed by atoms with Crippen molar-refractivity contribution in [2.24, 2.45) is 0 Å². The van der Waals surface area contributed by atoms with E-state index in [2.05, 4.69) is 16.9 Å². The van der Waals surface area contributed by atoms with E-state index in [1.54, 1.807) is 0 Å². The molecule has 1 unspecified atom stereocenters. The van der Waals surface area contributed by atoms with Crippen LogP contribution in [-0.4, -0.2) is 49.0 Å². The predicted octanol–water partition coefficient (Wildman–Crippen LogP) is -1.70. The fourth-order valence-electron chi connectivity index (χ4n) is 2.18. The molecule has 0 saturated carbocycles. The molecule has 1 aromatic rings. The number of rotatable bonds is 2. The Morgan fingerprint density at radius 1 is 1.62 bits per heavy atom. The van der Waals surface area contributed by atoms with Crippen LogP contribution in [0.4, 0.5) is 4.39 Å². The van der Waals surface area contributed by atoms with Crippen LogP contribution in [0, 0.1) is 11.8 Å². The Balaban J connectivity index is 2.56. The van der Waals surface area contributed by atoms with Gasteiger partial charge in [-0.15, -0.1) is 5.92 Å². The van der Waals surface area contributed by atoms with Crippen molar-refractivity contribution < 1.29 is 19.3 Å². The van der Waals surface area contributed by atoms with Crippen molar-refractivity contribution in [2.75, 3.05) is 0 Å². The highest BCUT2D eigenvalue weighted by Gasteiger charge is 2.59. The molecule has 114 valence electrons. The summed E-state index contributed by atoms with van der Waals surface area (Å²) < 4.78 is 20.7. The maximum absolute atomic E-state index is 15.0. The van der Waals surface area contributed by atoms with Crippen LogP contribution in [0.5, 0.6) is 0 Å². The monoisotopic (exact) mass is 299 g/mol. The zero-order chi connectivity index (χ0) is 15.8. The SMILES string of the molecule is CC#C[C@@]1(F)C(O)[C@@H]([C@H](C)O)O[C@H]1n1ncc(=O)[nH]c1=O. The smallest absolute Gasteiger partial charge is 0.347 e. The minimum Gasteiger partial charge on any atom is -0.391 e. The number of aliphatic hydroxyl groups excluding tert-OH is 2. The second-order valence-electron chi connectivity index (χ2n) is 4.67. The number of halogens is 1. The number of aliphatic hydroxyl groups is 2. The van der Waals surface area contributed by atoms with Crippen LogP contribution < -0.4 is 11.2 Å². The second-order valence-corrected chi connectivity index (χ2v) is 4.67. The molecule has 1 saturated heterocycles. The highest BCUT2D eigenvalue weighted by molar-refractivity contribution is 5.22. The van der Waals surface area contributed by atoms with Crippen LogP contribution in [-0.2, 0) is 4.74 Å². The predicted molar refractivity (Wildman–Crippen MR) is 68.0 cm³/mol. The lowest BCUT2D eigenvalue weighted by atomic mass is 9.94. The third kappa shape index (κ3) is 2.49. The Morgan fingerprint density at radius 2 is 2.29 bits per heavy atom. The lowest BCUT2D eigenvalue weighted by molar-refractivity contribution is -0.0850. The van der Waals surface area contributed by atoms with Crippen molar-refractivity contribution >= 4 is 0 Å². The summed E-state index contributed by atoms with van der Waals surface area (Å²) in [5, 5.41) is 23.0. The van der Waals surface area contributed by atoms with Crippen molar-refractivity contribution in [3.05, 3.63) is 27.0 Å². The van der Waals surface area contributed by atoms with E-state index in [-0.39, 0.29) is 0 Å². The van der Waals surface area contributed by atoms with Crippen LogP contribution in [0.2, 0.25) is 0 Å². The topological polar surface area (TPSA) is 117 Å². The van der Waals surface area contributed by atoms with Gasteiger partial charge in [0.15, 0.2) is 0 Å². The van der Waals surface area contributed by atoms with E-state index in [0.29, 0.717) is 4.68 Å². The van der Waals surface area contributed by atoms with Crippen molar-refractivity contribution in [1.29, 1.82) is 0 Å². The first-order valence-corrected chi connectivity index (χ1v) is 6.14. The molecule has 2 rings (SSSR count). The van der Waals surface area contributed by atoms with Crippen LogP contribution >= 0.6 is 0 Å². The molecule has 1 aliphatic heterocycles. The number of aromatic nitrogens is 3. The summed E-state index contributed by atoms with van der Waals surface area (Å²) in [7, 11) is 0. The Hall–Kier alpha value is -2.02. The molecule has 8 nitrogen and oxygen atoms in total. The van der Waals surface area contributed by atoms with Gasteiger partial charge in [-0.2, -0.15) is 9.78 Å². The molecule has 1 aromatic heterocycles. The zero-order valence-electron chi connectivity index (χ0n) is 11.3. The van der Waals surface area contributed by atoms with Gasteiger partial charge in [-0.3, -0.25) is 9.78 Å². The number of H-pyrrole nitrogens is 1. The van der Waals surface area contributed by atoms with Gasteiger partial charge in [0.1, 0.15) is 18.4 Å². The molecular weight excluding hydrogens is 285 g/mol. The first kappa shape index (κ1) is 15.4. The fourth-order valence-corrected chi connectivity index (χ4v) is 2.18. The van der Waals surface area contributed by atoms with Crippen molar-refractivity contribution in [2.45, 2.75) is 44.1 Å². The average Bonchev–Trinajstić information content (AvgIpc) is 2.64. The van der Waals surface area contributed by atoms with Gasteiger partial charge in [0.05, 0.1) is 6.10 Å². The molecule has 21 heavy (non-hydrogen) atoms. The average molecular weight is 299 g/mol. The largest absolute Gasteiger partial charge is 0.391 e. The maximum Gasteiger partial charge on any atom is 0.347 e. The number of nitrogens with zero attached hydrogens (tertiary/aromatic N) is 2. The molecule has 0 aliphatic carbocycles. The molecule has 3 N–H and O–H groups in total. The van der Waals surface area contributed by atoms with Gasteiger partial charge in [0, 0.05) is 0 Å². The van der Waals surface area contributed by atoms with Crippen LogP contribution in [0.3, 0.4) is 0 Å². The highest BCUT2D eigenvalue weighted by Crippen LogP contribution is 2.41. The van der Waals surface area contributed by atoms with Gasteiger partial charge >= 0.3 is 5.69 Å². The van der Waals surface area contributed by atoms with Gasteiger partial charge in [-0.1, -0.05) is 5.92 Å². The third-order valence-electron chi connectivity index (χ3n) is 3.14. The van der Waals surface area contributed by atoms with Crippen molar-refractivity contribution in [1.82, 2.24) is 14.8 Å². The quantitative estimate of drug-likeness (QED) is 0.560. The van der Waals surface area contributed by atoms with Crippen molar-refractivity contribution in [3.8, 4) is 11.8 Å². The van der Waals surface area contributed by atoms with E-state index in [1.807, 2.05) is 4.98 Å². The van der Waals surface area contributed by atoms with Gasteiger partial charge in [0.2, 0.25) is 11.9 Å². The summed E-state index contributed by atoms with van der Waals surface area (Å²) in [6.07, 6.45) is -5.19. The van der Waals surface area contributed by atoms with E-state index in [9.17, 15) is 24.2 Å². The van der Waals surface area contributed by atoms with Gasteiger partial charge in [0.25, 0.3) is 5.56 Å². The summed E-state index contributed by atoms with van der Waals surface area (Å²) in [5.74, 6) is 4.46. The molecule has 2 heterocycles. The summed E-state index contributed by atoms with van der Waals surface area (Å²) >= 11 is 0. The van der Waals surface area contributed by atoms with E-state index in [0.717, 1.165) is 6.20 Å². The van der Waals surface area contributed by atoms with Gasteiger partial charge in [-0.25, -0.2) is 9.18 Å². The summed E-state index contributed by atoms with van der Waals surface area (Å²) in [5.41, 5.74) is -4.41. The minimum atomic E-state index is -2.65. The minimum absolute atomic E-state index is 0.539. The number of ether oxygens (including phenoxy) is 1. The normalized spacial score (nSPS) is 33.3. The molecule has 9 heteroatoms. The molecule has 0 aromatic carbocycles. The number of alkyl halides is 1. The third-order valence-corrected chi connectivity index (χ3v) is 3.14. The Labute approximate surface area is 118 Å². The fraction of sp³-hybridized carbons (Fsp3) is 0.583. The second kappa shape index (κ2) is 5.40. The molecule has 5 atom stereocenters. The highest BCUT2D eigenvalue weighted by atomic mass is 19.1. The molecule has 1 fully saturated rings. The number of aromatic amines is 1. The zero-order valence-corrected chi connectivity index (χ0v) is 11.3. The van der Waals surface area contributed by atoms with Gasteiger partial charge < -0.3 is 14.9 Å². The molecule has 0 radical (unpaired) electrons. The summed E-state index contributed by atoms with van der Waals surface area (Å²) in [6, 6.07) is 0.